The van der Waals surface area contributed by atoms with Gasteiger partial charge in [0.25, 0.3) is 5.91 Å². The minimum absolute atomic E-state index is 0.00347. The lowest BCUT2D eigenvalue weighted by Gasteiger charge is -2.14. The van der Waals surface area contributed by atoms with Gasteiger partial charge in [0, 0.05) is 23.4 Å². The van der Waals surface area contributed by atoms with E-state index in [1.54, 1.807) is 29.2 Å². The van der Waals surface area contributed by atoms with E-state index in [0.717, 1.165) is 5.75 Å². The number of ketones is 1. The summed E-state index contributed by atoms with van der Waals surface area (Å²) in [6.45, 7) is 2.17. The predicted octanol–water partition coefficient (Wildman–Crippen LogP) is 2.36. The fourth-order valence-electron chi connectivity index (χ4n) is 1.58. The van der Waals surface area contributed by atoms with Crippen LogP contribution in [0.2, 0.25) is 0 Å². The number of carbonyl (C=O) groups excluding carboxylic acids is 2. The highest BCUT2D eigenvalue weighted by Gasteiger charge is 2.24. The Morgan fingerprint density at radius 1 is 1.24 bits per heavy atom. The molecule has 0 N–H and O–H groups in total. The van der Waals surface area contributed by atoms with Gasteiger partial charge in [0.1, 0.15) is 4.32 Å². The lowest BCUT2D eigenvalue weighted by atomic mass is 10.1. The maximum absolute atomic E-state index is 12.1. The van der Waals surface area contributed by atoms with E-state index in [4.69, 9.17) is 12.2 Å². The van der Waals surface area contributed by atoms with Crippen molar-refractivity contribution in [2.24, 2.45) is 0 Å². The molecule has 0 radical (unpaired) electrons. The van der Waals surface area contributed by atoms with Gasteiger partial charge in [0.05, 0.1) is 0 Å². The molecule has 0 spiro atoms. The fourth-order valence-corrected chi connectivity index (χ4v) is 2.78. The second-order valence-electron chi connectivity index (χ2n) is 3.70. The molecule has 0 saturated carbocycles. The second-order valence-corrected chi connectivity index (χ2v) is 5.43. The zero-order chi connectivity index (χ0) is 12.4. The first-order valence-corrected chi connectivity index (χ1v) is 6.58. The monoisotopic (exact) mass is 265 g/mol. The quantitative estimate of drug-likeness (QED) is 0.608. The van der Waals surface area contributed by atoms with Crippen molar-refractivity contribution in [3.8, 4) is 0 Å². The Labute approximate surface area is 109 Å². The minimum Gasteiger partial charge on any atom is -0.295 e. The van der Waals surface area contributed by atoms with E-state index < -0.39 is 0 Å². The van der Waals surface area contributed by atoms with Gasteiger partial charge in [-0.05, 0) is 19.1 Å². The molecule has 1 aromatic carbocycles. The Bertz CT molecular complexity index is 482. The number of thioether (sulfide) groups is 1. The summed E-state index contributed by atoms with van der Waals surface area (Å²) in [5, 5.41) is 0. The largest absolute Gasteiger partial charge is 0.295 e. The van der Waals surface area contributed by atoms with Crippen LogP contribution in [0.15, 0.2) is 24.3 Å². The number of nitrogens with zero attached hydrogens (tertiary/aromatic N) is 1. The van der Waals surface area contributed by atoms with Crippen LogP contribution in [-0.2, 0) is 0 Å². The number of benzene rings is 1. The first-order chi connectivity index (χ1) is 8.09. The maximum Gasteiger partial charge on any atom is 0.259 e. The summed E-state index contributed by atoms with van der Waals surface area (Å²) < 4.78 is 0.630. The van der Waals surface area contributed by atoms with Crippen molar-refractivity contribution in [1.29, 1.82) is 0 Å². The lowest BCUT2D eigenvalue weighted by molar-refractivity contribution is 0.0860. The van der Waals surface area contributed by atoms with Crippen molar-refractivity contribution in [2.45, 2.75) is 6.92 Å². The Morgan fingerprint density at radius 2 is 1.82 bits per heavy atom. The highest BCUT2D eigenvalue weighted by atomic mass is 32.2. The molecule has 88 valence electrons. The van der Waals surface area contributed by atoms with E-state index in [2.05, 4.69) is 0 Å². The molecular weight excluding hydrogens is 254 g/mol. The summed E-state index contributed by atoms with van der Waals surface area (Å²) in [5.41, 5.74) is 1.18. The molecule has 5 heteroatoms. The van der Waals surface area contributed by atoms with E-state index in [0.29, 0.717) is 22.0 Å². The van der Waals surface area contributed by atoms with Crippen LogP contribution in [0.25, 0.3) is 0 Å². The second kappa shape index (κ2) is 4.98. The molecule has 0 aromatic heterocycles. The molecule has 0 aliphatic carbocycles. The molecule has 17 heavy (non-hydrogen) atoms. The number of amides is 1. The highest BCUT2D eigenvalue weighted by Crippen LogP contribution is 2.20. The highest BCUT2D eigenvalue weighted by molar-refractivity contribution is 8.23. The van der Waals surface area contributed by atoms with Gasteiger partial charge in [-0.15, -0.1) is 0 Å². The molecule has 2 rings (SSSR count). The molecule has 1 aliphatic rings. The van der Waals surface area contributed by atoms with Gasteiger partial charge in [-0.1, -0.05) is 36.1 Å². The van der Waals surface area contributed by atoms with Crippen LogP contribution < -0.4 is 0 Å². The first-order valence-electron chi connectivity index (χ1n) is 5.19. The molecule has 3 nitrogen and oxygen atoms in total. The van der Waals surface area contributed by atoms with Crippen LogP contribution >= 0.6 is 24.0 Å². The van der Waals surface area contributed by atoms with Crippen molar-refractivity contribution >= 4 is 40.0 Å². The van der Waals surface area contributed by atoms with E-state index in [1.807, 2.05) is 0 Å². The molecule has 1 fully saturated rings. The van der Waals surface area contributed by atoms with Gasteiger partial charge in [0.15, 0.2) is 5.78 Å². The third kappa shape index (κ3) is 2.56. The van der Waals surface area contributed by atoms with Crippen molar-refractivity contribution in [3.05, 3.63) is 35.4 Å². The summed E-state index contributed by atoms with van der Waals surface area (Å²) in [6, 6.07) is 6.68. The number of hydrogen-bond acceptors (Lipinski definition) is 4. The van der Waals surface area contributed by atoms with Gasteiger partial charge in [-0.2, -0.15) is 0 Å². The Balaban J connectivity index is 2.20. The van der Waals surface area contributed by atoms with E-state index >= 15 is 0 Å². The Morgan fingerprint density at radius 3 is 2.29 bits per heavy atom. The van der Waals surface area contributed by atoms with Crippen LogP contribution in [-0.4, -0.2) is 33.2 Å². The number of carbonyl (C=O) groups is 2. The molecule has 0 bridgehead atoms. The summed E-state index contributed by atoms with van der Waals surface area (Å²) in [7, 11) is 0. The molecule has 0 atom stereocenters. The molecule has 0 unspecified atom stereocenters. The summed E-state index contributed by atoms with van der Waals surface area (Å²) >= 11 is 6.62. The average Bonchev–Trinajstić information content (AvgIpc) is 2.74. The molecule has 1 aliphatic heterocycles. The maximum atomic E-state index is 12.1. The molecule has 1 amide bonds. The number of thiocarbonyl (C=S) groups is 1. The van der Waals surface area contributed by atoms with Crippen LogP contribution in [0, 0.1) is 0 Å². The lowest BCUT2D eigenvalue weighted by Crippen LogP contribution is -2.30. The van der Waals surface area contributed by atoms with Gasteiger partial charge in [0.2, 0.25) is 0 Å². The minimum atomic E-state index is -0.0879. The van der Waals surface area contributed by atoms with Crippen LogP contribution in [0.5, 0.6) is 0 Å². The van der Waals surface area contributed by atoms with Gasteiger partial charge < -0.3 is 0 Å². The van der Waals surface area contributed by atoms with E-state index in [1.165, 1.54) is 18.7 Å². The van der Waals surface area contributed by atoms with Crippen LogP contribution in [0.4, 0.5) is 0 Å². The van der Waals surface area contributed by atoms with Gasteiger partial charge >= 0.3 is 0 Å². The predicted molar refractivity (Wildman–Crippen MR) is 72.5 cm³/mol. The zero-order valence-electron chi connectivity index (χ0n) is 9.30. The average molecular weight is 265 g/mol. The molecule has 1 saturated heterocycles. The van der Waals surface area contributed by atoms with Gasteiger partial charge in [-0.3, -0.25) is 14.5 Å². The molecule has 1 aromatic rings. The zero-order valence-corrected chi connectivity index (χ0v) is 10.9. The Hall–Kier alpha value is -1.20. The molecule has 1 heterocycles. The fraction of sp³-hybridized carbons (Fsp3) is 0.250. The van der Waals surface area contributed by atoms with Crippen LogP contribution in [0.3, 0.4) is 0 Å². The smallest absolute Gasteiger partial charge is 0.259 e. The topological polar surface area (TPSA) is 37.4 Å². The number of rotatable bonds is 2. The van der Waals surface area contributed by atoms with E-state index in [-0.39, 0.29) is 11.7 Å². The number of Topliss-reactive ketones (excluding diaryl/α,β-unsaturated/α-hetero) is 1. The van der Waals surface area contributed by atoms with E-state index in [9.17, 15) is 9.59 Å². The van der Waals surface area contributed by atoms with Gasteiger partial charge in [-0.25, -0.2) is 0 Å². The summed E-state index contributed by atoms with van der Waals surface area (Å²) in [4.78, 5) is 24.8. The van der Waals surface area contributed by atoms with Crippen molar-refractivity contribution in [3.63, 3.8) is 0 Å². The summed E-state index contributed by atoms with van der Waals surface area (Å²) in [5.74, 6) is 0.766. The standard InChI is InChI=1S/C12H11NO2S2/c1-8(14)9-2-4-10(5-3-9)11(15)13-6-7-17-12(13)16/h2-5H,6-7H2,1H3. The van der Waals surface area contributed by atoms with Crippen molar-refractivity contribution in [2.75, 3.05) is 12.3 Å². The third-order valence-electron chi connectivity index (χ3n) is 2.54. The Kier molecular flexibility index (Phi) is 3.59. The van der Waals surface area contributed by atoms with Crippen LogP contribution in [0.1, 0.15) is 27.6 Å². The molecular formula is C12H11NO2S2. The SMILES string of the molecule is CC(=O)c1ccc(C(=O)N2CCSC2=S)cc1. The third-order valence-corrected chi connectivity index (χ3v) is 3.97. The first kappa shape index (κ1) is 12.3. The summed E-state index contributed by atoms with van der Waals surface area (Å²) in [6.07, 6.45) is 0. The number of hydrogen-bond donors (Lipinski definition) is 0. The van der Waals surface area contributed by atoms with Crippen molar-refractivity contribution < 1.29 is 9.59 Å². The van der Waals surface area contributed by atoms with Crippen molar-refractivity contribution in [1.82, 2.24) is 4.90 Å². The normalized spacial score (nSPS) is 15.1.